The Morgan fingerprint density at radius 2 is 1.96 bits per heavy atom. The van der Waals surface area contributed by atoms with Gasteiger partial charge in [0.05, 0.1) is 30.5 Å². The Kier molecular flexibility index (Phi) is 5.41. The molecule has 1 aliphatic carbocycles. The molecule has 1 aromatic rings. The first-order chi connectivity index (χ1) is 13.6. The molecule has 1 aliphatic heterocycles. The molecule has 6 heteroatoms. The van der Waals surface area contributed by atoms with Crippen LogP contribution in [0.25, 0.3) is 0 Å². The molecule has 0 fully saturated rings. The number of nitrogens with zero attached hydrogens (tertiary/aromatic N) is 4. The normalized spacial score (nSPS) is 23.6. The Morgan fingerprint density at radius 1 is 1.25 bits per heavy atom. The minimum atomic E-state index is -1.63. The summed E-state index contributed by atoms with van der Waals surface area (Å²) in [6.07, 6.45) is 3.02. The zero-order chi connectivity index (χ0) is 20.3. The molecule has 0 aromatic heterocycles. The highest BCUT2D eigenvalue weighted by molar-refractivity contribution is 5.60. The first kappa shape index (κ1) is 19.5. The van der Waals surface area contributed by atoms with Crippen LogP contribution in [0.4, 0.5) is 0 Å². The summed E-state index contributed by atoms with van der Waals surface area (Å²) in [4.78, 5) is 2.28. The predicted octanol–water partition coefficient (Wildman–Crippen LogP) is 2.83. The van der Waals surface area contributed by atoms with E-state index in [-0.39, 0.29) is 17.2 Å². The van der Waals surface area contributed by atoms with E-state index in [2.05, 4.69) is 30.0 Å². The lowest BCUT2D eigenvalue weighted by molar-refractivity contribution is 0.205. The molecule has 28 heavy (non-hydrogen) atoms. The average Bonchev–Trinajstić information content (AvgIpc) is 2.73. The summed E-state index contributed by atoms with van der Waals surface area (Å²) < 4.78 is 5.55. The summed E-state index contributed by atoms with van der Waals surface area (Å²) in [6, 6.07) is 13.9. The number of para-hydroxylation sites is 1. The molecule has 0 bridgehead atoms. The van der Waals surface area contributed by atoms with Crippen LogP contribution in [-0.2, 0) is 0 Å². The maximum absolute atomic E-state index is 10.1. The van der Waals surface area contributed by atoms with E-state index in [1.165, 1.54) is 0 Å². The second kappa shape index (κ2) is 7.77. The van der Waals surface area contributed by atoms with E-state index in [1.807, 2.05) is 30.3 Å². The molecule has 0 radical (unpaired) electrons. The van der Waals surface area contributed by atoms with Crippen LogP contribution in [0.5, 0.6) is 5.75 Å². The van der Waals surface area contributed by atoms with Gasteiger partial charge in [0.15, 0.2) is 5.41 Å². The monoisotopic (exact) mass is 373 g/mol. The van der Waals surface area contributed by atoms with Crippen molar-refractivity contribution < 1.29 is 4.74 Å². The van der Waals surface area contributed by atoms with Crippen molar-refractivity contribution in [1.82, 2.24) is 4.90 Å². The van der Waals surface area contributed by atoms with E-state index in [4.69, 9.17) is 10.5 Å². The lowest BCUT2D eigenvalue weighted by Crippen LogP contribution is -2.48. The van der Waals surface area contributed by atoms with Crippen LogP contribution < -0.4 is 10.5 Å². The molecule has 1 heterocycles. The topological polar surface area (TPSA) is 110 Å². The molecule has 6 nitrogen and oxygen atoms in total. The first-order valence-corrected chi connectivity index (χ1v) is 9.36. The molecule has 2 N–H and O–H groups in total. The zero-order valence-electron chi connectivity index (χ0n) is 16.1. The van der Waals surface area contributed by atoms with E-state index >= 15 is 0 Å². The van der Waals surface area contributed by atoms with E-state index in [0.717, 1.165) is 30.6 Å². The second-order valence-corrected chi connectivity index (χ2v) is 7.18. The van der Waals surface area contributed by atoms with Crippen LogP contribution in [0.3, 0.4) is 0 Å². The lowest BCUT2D eigenvalue weighted by atomic mass is 9.58. The van der Waals surface area contributed by atoms with Crippen molar-refractivity contribution in [3.63, 3.8) is 0 Å². The molecule has 2 aliphatic rings. The largest absolute Gasteiger partial charge is 0.496 e. The van der Waals surface area contributed by atoms with Gasteiger partial charge in [0.1, 0.15) is 11.8 Å². The summed E-state index contributed by atoms with van der Waals surface area (Å²) in [5, 5.41) is 30.0. The van der Waals surface area contributed by atoms with Gasteiger partial charge in [-0.3, -0.25) is 4.90 Å². The van der Waals surface area contributed by atoms with Crippen molar-refractivity contribution in [3.05, 3.63) is 52.7 Å². The molecule has 142 valence electrons. The number of fused-ring (bicyclic) bond motifs is 1. The fourth-order valence-corrected chi connectivity index (χ4v) is 4.51. The van der Waals surface area contributed by atoms with Gasteiger partial charge >= 0.3 is 0 Å². The Hall–Kier alpha value is -3.27. The van der Waals surface area contributed by atoms with Crippen molar-refractivity contribution in [2.45, 2.75) is 19.3 Å². The van der Waals surface area contributed by atoms with Gasteiger partial charge < -0.3 is 10.5 Å². The van der Waals surface area contributed by atoms with Gasteiger partial charge in [-0.05, 0) is 24.6 Å². The predicted molar refractivity (Wildman–Crippen MR) is 105 cm³/mol. The number of benzene rings is 1. The molecule has 0 saturated carbocycles. The quantitative estimate of drug-likeness (QED) is 0.869. The standard InChI is InChI=1S/C22H23N5O/c1-3-9-27-10-8-15-17(11-23)21(26)22(13-24,14-25)20(18(15)12-27)16-6-4-5-7-19(16)28-2/h4-8,18,20H,3,9-10,12,26H2,1-2H3. The third kappa shape index (κ3) is 2.82. The van der Waals surface area contributed by atoms with E-state index in [1.54, 1.807) is 7.11 Å². The number of methoxy groups -OCH3 is 1. The molecule has 1 aromatic carbocycles. The van der Waals surface area contributed by atoms with Gasteiger partial charge in [-0.25, -0.2) is 0 Å². The van der Waals surface area contributed by atoms with Crippen LogP contribution in [0.15, 0.2) is 47.2 Å². The first-order valence-electron chi connectivity index (χ1n) is 9.36. The van der Waals surface area contributed by atoms with Crippen molar-refractivity contribution in [3.8, 4) is 24.0 Å². The molecule has 0 saturated heterocycles. The van der Waals surface area contributed by atoms with Gasteiger partial charge in [-0.1, -0.05) is 31.2 Å². The van der Waals surface area contributed by atoms with E-state index in [0.29, 0.717) is 12.3 Å². The molecule has 0 amide bonds. The summed E-state index contributed by atoms with van der Waals surface area (Å²) in [6.45, 7) is 4.41. The average molecular weight is 373 g/mol. The van der Waals surface area contributed by atoms with Crippen LogP contribution in [0, 0.1) is 45.3 Å². The summed E-state index contributed by atoms with van der Waals surface area (Å²) >= 11 is 0. The molecule has 2 unspecified atom stereocenters. The maximum Gasteiger partial charge on any atom is 0.191 e. The van der Waals surface area contributed by atoms with Gasteiger partial charge in [0.2, 0.25) is 0 Å². The summed E-state index contributed by atoms with van der Waals surface area (Å²) in [5.74, 6) is -0.109. The highest BCUT2D eigenvalue weighted by Crippen LogP contribution is 2.55. The fourth-order valence-electron chi connectivity index (χ4n) is 4.51. The lowest BCUT2D eigenvalue weighted by Gasteiger charge is -2.45. The number of nitriles is 3. The number of nitrogens with two attached hydrogens (primary N) is 1. The van der Waals surface area contributed by atoms with Crippen LogP contribution in [-0.4, -0.2) is 31.6 Å². The van der Waals surface area contributed by atoms with Gasteiger partial charge in [0.25, 0.3) is 0 Å². The Bertz CT molecular complexity index is 942. The van der Waals surface area contributed by atoms with Crippen LogP contribution >= 0.6 is 0 Å². The Balaban J connectivity index is 2.31. The second-order valence-electron chi connectivity index (χ2n) is 7.18. The van der Waals surface area contributed by atoms with Gasteiger partial charge in [-0.2, -0.15) is 15.8 Å². The summed E-state index contributed by atoms with van der Waals surface area (Å²) in [5.41, 5.74) is 6.62. The minimum absolute atomic E-state index is 0.0438. The van der Waals surface area contributed by atoms with Crippen LogP contribution in [0.2, 0.25) is 0 Å². The third-order valence-electron chi connectivity index (χ3n) is 5.75. The van der Waals surface area contributed by atoms with Crippen molar-refractivity contribution in [1.29, 1.82) is 15.8 Å². The molecule has 3 rings (SSSR count). The van der Waals surface area contributed by atoms with E-state index in [9.17, 15) is 15.8 Å². The van der Waals surface area contributed by atoms with Gasteiger partial charge in [0, 0.05) is 30.5 Å². The highest BCUT2D eigenvalue weighted by atomic mass is 16.5. The Morgan fingerprint density at radius 3 is 2.57 bits per heavy atom. The smallest absolute Gasteiger partial charge is 0.191 e. The van der Waals surface area contributed by atoms with Gasteiger partial charge in [-0.15, -0.1) is 0 Å². The SMILES string of the molecule is CCCN1CC=C2C(C#N)=C(N)C(C#N)(C#N)C(c3ccccc3OC)C2C1. The molecular formula is C22H23N5O. The van der Waals surface area contributed by atoms with Crippen LogP contribution in [0.1, 0.15) is 24.8 Å². The maximum atomic E-state index is 10.1. The number of hydrogen-bond acceptors (Lipinski definition) is 6. The number of allylic oxidation sites excluding steroid dienone is 2. The molecule has 0 spiro atoms. The molecule has 2 atom stereocenters. The minimum Gasteiger partial charge on any atom is -0.496 e. The number of ether oxygens (including phenoxy) is 1. The number of rotatable bonds is 4. The number of hydrogen-bond donors (Lipinski definition) is 1. The Labute approximate surface area is 165 Å². The zero-order valence-corrected chi connectivity index (χ0v) is 16.1. The van der Waals surface area contributed by atoms with E-state index < -0.39 is 11.3 Å². The van der Waals surface area contributed by atoms with Crippen molar-refractivity contribution in [2.24, 2.45) is 17.1 Å². The van der Waals surface area contributed by atoms with Crippen molar-refractivity contribution in [2.75, 3.05) is 26.7 Å². The summed E-state index contributed by atoms with van der Waals surface area (Å²) in [7, 11) is 1.57. The highest BCUT2D eigenvalue weighted by Gasteiger charge is 2.55. The van der Waals surface area contributed by atoms with Crippen molar-refractivity contribution >= 4 is 0 Å². The molecular weight excluding hydrogens is 350 g/mol. The fraction of sp³-hybridized carbons (Fsp3) is 0.409. The third-order valence-corrected chi connectivity index (χ3v) is 5.75.